The van der Waals surface area contributed by atoms with Gasteiger partial charge in [0.2, 0.25) is 47.3 Å². The number of rotatable bonds is 17. The molecule has 82 heavy (non-hydrogen) atoms. The number of pyridine rings is 1. The molecule has 1 aliphatic rings. The molecule has 0 spiro atoms. The van der Waals surface area contributed by atoms with E-state index in [1.54, 1.807) is 69.6 Å². The van der Waals surface area contributed by atoms with Gasteiger partial charge < -0.3 is 59.4 Å². The minimum Gasteiger partial charge on any atom is -0.368 e. The molecule has 7 rings (SSSR count). The number of unbranched alkanes of at least 4 members (excludes halogenated alkanes) is 1. The number of H-pyrrole nitrogens is 1. The number of para-hydroxylation sites is 1. The Kier molecular flexibility index (Phi) is 22.3. The Morgan fingerprint density at radius 3 is 2.07 bits per heavy atom. The molecule has 3 heterocycles. The molecule has 0 radical (unpaired) electrons. The van der Waals surface area contributed by atoms with Crippen molar-refractivity contribution >= 4 is 102 Å². The fraction of sp³-hybridized carbons (Fsp3) is 0.373. The largest absolute Gasteiger partial charge is 0.368 e. The predicted molar refractivity (Wildman–Crippen MR) is 321 cm³/mol. The van der Waals surface area contributed by atoms with E-state index in [2.05, 4.69) is 47.2 Å². The Morgan fingerprint density at radius 2 is 1.37 bits per heavy atom. The second-order valence-corrected chi connectivity index (χ2v) is 24.4. The second-order valence-electron chi connectivity index (χ2n) is 21.4. The lowest BCUT2D eigenvalue weighted by Gasteiger charge is -2.33. The first-order chi connectivity index (χ1) is 39.3. The van der Waals surface area contributed by atoms with Crippen LogP contribution in [0.25, 0.3) is 21.7 Å². The quantitative estimate of drug-likeness (QED) is 0.0462. The molecule has 20 nitrogen and oxygen atoms in total. The van der Waals surface area contributed by atoms with Crippen molar-refractivity contribution in [3.05, 3.63) is 149 Å². The van der Waals surface area contributed by atoms with E-state index in [0.29, 0.717) is 40.1 Å². The van der Waals surface area contributed by atoms with Gasteiger partial charge in [-0.15, -0.1) is 0 Å². The number of halogens is 1. The Hall–Kier alpha value is -7.50. The molecule has 0 aliphatic carbocycles. The molecule has 1 aliphatic heterocycles. The van der Waals surface area contributed by atoms with Gasteiger partial charge in [0.25, 0.3) is 0 Å². The van der Waals surface area contributed by atoms with Crippen molar-refractivity contribution in [2.45, 2.75) is 114 Å². The number of carbonyl (C=O) groups is 8. The molecular weight excluding hydrogens is 1100 g/mol. The summed E-state index contributed by atoms with van der Waals surface area (Å²) in [5, 5.41) is 22.9. The minimum absolute atomic E-state index is 0.0193. The highest BCUT2D eigenvalue weighted by Gasteiger charge is 2.39. The van der Waals surface area contributed by atoms with Crippen LogP contribution in [-0.2, 0) is 64.0 Å². The number of hydrogen-bond donors (Lipinski definition) is 11. The van der Waals surface area contributed by atoms with E-state index >= 15 is 0 Å². The van der Waals surface area contributed by atoms with E-state index < -0.39 is 101 Å². The number of fused-ring (bicyclic) bond motifs is 2. The summed E-state index contributed by atoms with van der Waals surface area (Å²) < 4.78 is 0. The van der Waals surface area contributed by atoms with E-state index in [1.807, 2.05) is 66.7 Å². The summed E-state index contributed by atoms with van der Waals surface area (Å²) in [7, 11) is 2.14. The minimum atomic E-state index is -1.39. The van der Waals surface area contributed by atoms with Crippen LogP contribution in [0.2, 0.25) is 5.02 Å². The number of amides is 8. The van der Waals surface area contributed by atoms with Crippen molar-refractivity contribution in [3.63, 3.8) is 0 Å². The second kappa shape index (κ2) is 29.5. The molecule has 2 aromatic heterocycles. The third-order valence-electron chi connectivity index (χ3n) is 14.0. The number of nitrogens with zero attached hydrogens (tertiary/aromatic N) is 1. The number of nitrogens with one attached hydrogen (secondary N) is 8. The van der Waals surface area contributed by atoms with E-state index in [-0.39, 0.29) is 50.2 Å². The number of aromatic amines is 1. The van der Waals surface area contributed by atoms with Gasteiger partial charge in [-0.2, -0.15) is 0 Å². The van der Waals surface area contributed by atoms with Crippen LogP contribution < -0.4 is 54.4 Å². The number of primary amides is 1. The fourth-order valence-corrected chi connectivity index (χ4v) is 11.8. The highest BCUT2D eigenvalue weighted by molar-refractivity contribution is 8.76. The smallest absolute Gasteiger partial charge is 0.244 e. The van der Waals surface area contributed by atoms with Gasteiger partial charge in [0.1, 0.15) is 42.3 Å². The first kappa shape index (κ1) is 62.1. The molecule has 8 amide bonds. The maximum absolute atomic E-state index is 14.9. The summed E-state index contributed by atoms with van der Waals surface area (Å²) in [5.41, 5.74) is 20.7. The lowest BCUT2D eigenvalue weighted by Crippen LogP contribution is -2.63. The Bertz CT molecular complexity index is 3220. The van der Waals surface area contributed by atoms with E-state index in [4.69, 9.17) is 28.8 Å². The monoisotopic (exact) mass is 1170 g/mol. The molecule has 1 saturated heterocycles. The molecule has 4 aromatic carbocycles. The van der Waals surface area contributed by atoms with Gasteiger partial charge in [-0.05, 0) is 94.9 Å². The van der Waals surface area contributed by atoms with Gasteiger partial charge in [0.05, 0.1) is 6.04 Å². The van der Waals surface area contributed by atoms with Crippen molar-refractivity contribution in [1.82, 2.24) is 47.2 Å². The lowest BCUT2D eigenvalue weighted by molar-refractivity contribution is -0.136. The van der Waals surface area contributed by atoms with Gasteiger partial charge in [0, 0.05) is 65.3 Å². The number of hydrogen-bond acceptors (Lipinski definition) is 13. The van der Waals surface area contributed by atoms with Gasteiger partial charge >= 0.3 is 0 Å². The van der Waals surface area contributed by atoms with Crippen molar-refractivity contribution in [1.29, 1.82) is 0 Å². The molecular formula is C59H71ClN12O8S2. The van der Waals surface area contributed by atoms with Crippen LogP contribution >= 0.6 is 33.2 Å². The Morgan fingerprint density at radius 1 is 0.707 bits per heavy atom. The Labute approximate surface area is 488 Å². The van der Waals surface area contributed by atoms with Crippen molar-refractivity contribution in [3.8, 4) is 0 Å². The molecule has 8 atom stereocenters. The summed E-state index contributed by atoms with van der Waals surface area (Å²) in [6.07, 6.45) is 5.70. The summed E-state index contributed by atoms with van der Waals surface area (Å²) in [6, 6.07) is 20.4. The first-order valence-electron chi connectivity index (χ1n) is 27.0. The number of carbonyl (C=O) groups excluding carboxylic acids is 8. The van der Waals surface area contributed by atoms with Gasteiger partial charge in [-0.3, -0.25) is 43.3 Å². The summed E-state index contributed by atoms with van der Waals surface area (Å²) >= 11 is 6.12. The summed E-state index contributed by atoms with van der Waals surface area (Å²) in [6.45, 7) is 5.46. The molecule has 23 heteroatoms. The average Bonchev–Trinajstić information content (AvgIpc) is 3.90. The number of benzene rings is 4. The van der Waals surface area contributed by atoms with Crippen LogP contribution in [0.15, 0.2) is 122 Å². The molecule has 14 N–H and O–H groups in total. The first-order valence-corrected chi connectivity index (χ1v) is 29.9. The number of aromatic nitrogens is 2. The van der Waals surface area contributed by atoms with Crippen LogP contribution in [0.4, 0.5) is 0 Å². The zero-order chi connectivity index (χ0) is 58.9. The van der Waals surface area contributed by atoms with Crippen LogP contribution in [-0.4, -0.2) is 124 Å². The third-order valence-corrected chi connectivity index (χ3v) is 16.6. The van der Waals surface area contributed by atoms with Crippen LogP contribution in [0.1, 0.15) is 62.3 Å². The highest BCUT2D eigenvalue weighted by Crippen LogP contribution is 2.26. The third kappa shape index (κ3) is 17.8. The predicted octanol–water partition coefficient (Wildman–Crippen LogP) is 3.42. The molecule has 434 valence electrons. The summed E-state index contributed by atoms with van der Waals surface area (Å²) in [5.74, 6) is -6.42. The fourth-order valence-electron chi connectivity index (χ4n) is 9.39. The normalized spacial score (nSPS) is 20.7. The van der Waals surface area contributed by atoms with Crippen LogP contribution in [0, 0.1) is 5.41 Å². The Balaban J connectivity index is 1.26. The molecule has 6 aromatic rings. The highest BCUT2D eigenvalue weighted by atomic mass is 35.5. The SMILES string of the molecule is CC(C)(C)C1NC(=O)C(CCCCN)NC(=O)[C@@H](Cc2c[nH]c3ccccc23)NC(=O)[C@H](Cc2cccnc2)NC(=O)C(NC(=O)[C@@H](N)Cc2ccc(Cl)cc2)CSSC[C@@H](C(=O)N[C@@H](Cc2ccc3ccccc3c2)C(N)=O)NC1=O. The molecule has 3 unspecified atom stereocenters. The van der Waals surface area contributed by atoms with Crippen molar-refractivity contribution < 1.29 is 38.4 Å². The molecule has 1 fully saturated rings. The van der Waals surface area contributed by atoms with E-state index in [1.165, 1.54) is 6.20 Å². The maximum atomic E-state index is 14.9. The molecule has 0 saturated carbocycles. The summed E-state index contributed by atoms with van der Waals surface area (Å²) in [4.78, 5) is 123. The van der Waals surface area contributed by atoms with Gasteiger partial charge in [-0.25, -0.2) is 0 Å². The average molecular weight is 1180 g/mol. The topological polar surface area (TPSA) is 328 Å². The standard InChI is InChI=1S/C59H71ClN12O8S2/c1-59(2,3)50-58(80)71-49(56(78)67-45(51(63)73)27-35-17-20-37-12-4-5-13-38(37)25-35)33-82-81-32-48(70-52(74)42(62)26-34-18-21-40(60)22-19-34)57(79)68-46(28-36-11-10-24-64-30-36)54(76)69-47(29-39-31-65-43-15-7-6-14-41(39)43)55(77)66-44(53(75)72-50)16-8-9-23-61/h4-7,10-15,17-22,24-25,30-31,42,44-50,65H,8-9,16,23,26-29,32-33,61-62H2,1-3H3,(H2,63,73)(H,66,77)(H,67,78)(H,68,79)(H,69,76)(H,70,74)(H,71,80)(H,72,75)/t42-,44?,45-,46-,47+,48?,49-,50?/m0/s1. The zero-order valence-electron chi connectivity index (χ0n) is 45.9. The number of nitrogens with two attached hydrogens (primary N) is 3. The van der Waals surface area contributed by atoms with Crippen molar-refractivity contribution in [2.75, 3.05) is 18.1 Å². The van der Waals surface area contributed by atoms with E-state index in [9.17, 15) is 38.4 Å². The van der Waals surface area contributed by atoms with Crippen LogP contribution in [0.5, 0.6) is 0 Å². The van der Waals surface area contributed by atoms with E-state index in [0.717, 1.165) is 43.3 Å². The zero-order valence-corrected chi connectivity index (χ0v) is 48.3. The van der Waals surface area contributed by atoms with Crippen LogP contribution in [0.3, 0.4) is 0 Å². The van der Waals surface area contributed by atoms with Crippen molar-refractivity contribution in [2.24, 2.45) is 22.6 Å². The maximum Gasteiger partial charge on any atom is 0.244 e. The lowest BCUT2D eigenvalue weighted by atomic mass is 9.85. The van der Waals surface area contributed by atoms with Gasteiger partial charge in [-0.1, -0.05) is 133 Å². The molecule has 0 bridgehead atoms. The van der Waals surface area contributed by atoms with Gasteiger partial charge in [0.15, 0.2) is 0 Å².